The molecule has 1 heterocycles. The highest BCUT2D eigenvalue weighted by molar-refractivity contribution is 5.94. The van der Waals surface area contributed by atoms with Gasteiger partial charge in [-0.3, -0.25) is 4.79 Å². The molecule has 1 aliphatic carbocycles. The molecule has 0 aromatic heterocycles. The highest BCUT2D eigenvalue weighted by Crippen LogP contribution is 2.44. The molecular formula is C26H26N2O5. The molecular weight excluding hydrogens is 420 g/mol. The summed E-state index contributed by atoms with van der Waals surface area (Å²) in [7, 11) is 0. The largest absolute Gasteiger partial charge is 0.478 e. The molecule has 0 saturated heterocycles. The Balaban J connectivity index is 1.28. The summed E-state index contributed by atoms with van der Waals surface area (Å²) >= 11 is 0. The maximum atomic E-state index is 12.5. The molecule has 0 radical (unpaired) electrons. The number of carboxylic acid groups (broad SMARTS) is 1. The monoisotopic (exact) mass is 446 g/mol. The predicted molar refractivity (Wildman–Crippen MR) is 124 cm³/mol. The molecule has 2 N–H and O–H groups in total. The smallest absolute Gasteiger partial charge is 0.407 e. The van der Waals surface area contributed by atoms with Crippen LogP contribution in [0.4, 0.5) is 4.79 Å². The predicted octanol–water partition coefficient (Wildman–Crippen LogP) is 3.71. The van der Waals surface area contributed by atoms with Crippen molar-refractivity contribution in [3.63, 3.8) is 0 Å². The Kier molecular flexibility index (Phi) is 6.58. The summed E-state index contributed by atoms with van der Waals surface area (Å²) < 4.78 is 5.49. The SMILES string of the molecule is C/C(=C\CNC(=O)OCC1c2ccccc2-c2ccccc21)C(=O)N1CC=C(C(=O)O)CC1. The number of nitrogens with zero attached hydrogens (tertiary/aromatic N) is 1. The van der Waals surface area contributed by atoms with Gasteiger partial charge in [-0.2, -0.15) is 0 Å². The van der Waals surface area contributed by atoms with Crippen LogP contribution < -0.4 is 5.32 Å². The Morgan fingerprint density at radius 3 is 2.30 bits per heavy atom. The molecule has 2 aromatic rings. The average molecular weight is 447 g/mol. The fraction of sp³-hybridized carbons (Fsp3) is 0.269. The van der Waals surface area contributed by atoms with E-state index in [1.807, 2.05) is 24.3 Å². The number of rotatable bonds is 6. The van der Waals surface area contributed by atoms with Gasteiger partial charge in [-0.1, -0.05) is 60.7 Å². The molecule has 2 amide bonds. The number of alkyl carbamates (subject to hydrolysis) is 1. The molecule has 0 spiro atoms. The Labute approximate surface area is 192 Å². The van der Waals surface area contributed by atoms with E-state index >= 15 is 0 Å². The van der Waals surface area contributed by atoms with Gasteiger partial charge in [0.2, 0.25) is 5.91 Å². The van der Waals surface area contributed by atoms with Crippen LogP contribution in [-0.4, -0.2) is 54.2 Å². The zero-order valence-electron chi connectivity index (χ0n) is 18.4. The number of hydrogen-bond acceptors (Lipinski definition) is 4. The molecule has 2 aliphatic rings. The Hall–Kier alpha value is -3.87. The van der Waals surface area contributed by atoms with Crippen molar-refractivity contribution in [1.82, 2.24) is 10.2 Å². The number of carboxylic acids is 1. The van der Waals surface area contributed by atoms with Gasteiger partial charge in [0.05, 0.1) is 0 Å². The maximum Gasteiger partial charge on any atom is 0.407 e. The van der Waals surface area contributed by atoms with Crippen molar-refractivity contribution in [3.8, 4) is 11.1 Å². The first-order valence-corrected chi connectivity index (χ1v) is 10.9. The van der Waals surface area contributed by atoms with Crippen molar-refractivity contribution in [2.24, 2.45) is 0 Å². The minimum Gasteiger partial charge on any atom is -0.478 e. The first-order valence-electron chi connectivity index (χ1n) is 10.9. The molecule has 0 bridgehead atoms. The minimum atomic E-state index is -0.943. The molecule has 0 unspecified atom stereocenters. The van der Waals surface area contributed by atoms with E-state index in [-0.39, 0.29) is 31.5 Å². The quantitative estimate of drug-likeness (QED) is 0.660. The van der Waals surface area contributed by atoms with Gasteiger partial charge in [-0.05, 0) is 35.6 Å². The summed E-state index contributed by atoms with van der Waals surface area (Å²) in [5.41, 5.74) is 5.45. The van der Waals surface area contributed by atoms with Gasteiger partial charge < -0.3 is 20.1 Å². The van der Waals surface area contributed by atoms with E-state index < -0.39 is 12.1 Å². The summed E-state index contributed by atoms with van der Waals surface area (Å²) in [5.74, 6) is -1.13. The summed E-state index contributed by atoms with van der Waals surface area (Å²) in [6.07, 6.45) is 2.98. The summed E-state index contributed by atoms with van der Waals surface area (Å²) in [4.78, 5) is 37.4. The second-order valence-corrected chi connectivity index (χ2v) is 8.13. The molecule has 2 aromatic carbocycles. The highest BCUT2D eigenvalue weighted by atomic mass is 16.5. The van der Waals surface area contributed by atoms with Gasteiger partial charge in [0.1, 0.15) is 6.61 Å². The Bertz CT molecular complexity index is 1110. The zero-order valence-corrected chi connectivity index (χ0v) is 18.4. The van der Waals surface area contributed by atoms with Crippen LogP contribution in [0.15, 0.2) is 71.8 Å². The fourth-order valence-electron chi connectivity index (χ4n) is 4.32. The lowest BCUT2D eigenvalue weighted by molar-refractivity contribution is -0.134. The lowest BCUT2D eigenvalue weighted by atomic mass is 9.98. The number of aliphatic carboxylic acids is 1. The van der Waals surface area contributed by atoms with Crippen LogP contribution >= 0.6 is 0 Å². The van der Waals surface area contributed by atoms with Gasteiger partial charge in [0.25, 0.3) is 0 Å². The second-order valence-electron chi connectivity index (χ2n) is 8.13. The molecule has 1 aliphatic heterocycles. The number of nitrogens with one attached hydrogen (secondary N) is 1. The molecule has 33 heavy (non-hydrogen) atoms. The van der Waals surface area contributed by atoms with Gasteiger partial charge >= 0.3 is 12.1 Å². The topological polar surface area (TPSA) is 95.9 Å². The standard InChI is InChI=1S/C26H26N2O5/c1-17(24(29)28-14-11-18(12-15-28)25(30)31)10-13-27-26(32)33-16-23-21-8-4-2-6-19(21)20-7-3-5-9-22(20)23/h2-11,23H,12-16H2,1H3,(H,27,32)(H,30,31)/b17-10+. The fourth-order valence-corrected chi connectivity index (χ4v) is 4.32. The third kappa shape index (κ3) is 4.82. The van der Waals surface area contributed by atoms with E-state index in [1.54, 1.807) is 24.0 Å². The minimum absolute atomic E-state index is 0.00939. The van der Waals surface area contributed by atoms with Crippen LogP contribution in [0, 0.1) is 0 Å². The number of benzene rings is 2. The van der Waals surface area contributed by atoms with Crippen LogP contribution in [0.25, 0.3) is 11.1 Å². The lowest BCUT2D eigenvalue weighted by Crippen LogP contribution is -2.36. The molecule has 4 rings (SSSR count). The molecule has 7 heteroatoms. The molecule has 0 fully saturated rings. The third-order valence-corrected chi connectivity index (χ3v) is 6.11. The van der Waals surface area contributed by atoms with Gasteiger partial charge in [0, 0.05) is 36.7 Å². The Morgan fingerprint density at radius 2 is 1.73 bits per heavy atom. The van der Waals surface area contributed by atoms with Crippen LogP contribution in [-0.2, 0) is 14.3 Å². The van der Waals surface area contributed by atoms with Crippen LogP contribution in [0.5, 0.6) is 0 Å². The van der Waals surface area contributed by atoms with Gasteiger partial charge in [-0.25, -0.2) is 9.59 Å². The summed E-state index contributed by atoms with van der Waals surface area (Å²) in [6.45, 7) is 2.71. The van der Waals surface area contributed by atoms with Crippen molar-refractivity contribution >= 4 is 18.0 Å². The number of carbonyl (C=O) groups is 3. The van der Waals surface area contributed by atoms with Crippen molar-refractivity contribution in [3.05, 3.63) is 83.0 Å². The van der Waals surface area contributed by atoms with Crippen molar-refractivity contribution in [2.75, 3.05) is 26.2 Å². The van der Waals surface area contributed by atoms with Crippen LogP contribution in [0.1, 0.15) is 30.4 Å². The first-order chi connectivity index (χ1) is 16.0. The van der Waals surface area contributed by atoms with E-state index in [4.69, 9.17) is 9.84 Å². The van der Waals surface area contributed by atoms with E-state index in [9.17, 15) is 14.4 Å². The van der Waals surface area contributed by atoms with Crippen LogP contribution in [0.2, 0.25) is 0 Å². The number of amides is 2. The molecule has 0 atom stereocenters. The number of carbonyl (C=O) groups excluding carboxylic acids is 2. The molecule has 0 saturated carbocycles. The van der Waals surface area contributed by atoms with Gasteiger partial charge in [0.15, 0.2) is 0 Å². The van der Waals surface area contributed by atoms with E-state index in [0.29, 0.717) is 24.1 Å². The van der Waals surface area contributed by atoms with E-state index in [0.717, 1.165) is 11.1 Å². The average Bonchev–Trinajstić information content (AvgIpc) is 3.16. The lowest BCUT2D eigenvalue weighted by Gasteiger charge is -2.25. The Morgan fingerprint density at radius 1 is 1.09 bits per heavy atom. The normalized spacial score (nSPS) is 15.4. The first kappa shape index (κ1) is 22.3. The highest BCUT2D eigenvalue weighted by Gasteiger charge is 2.29. The molecule has 170 valence electrons. The summed E-state index contributed by atoms with van der Waals surface area (Å²) in [6, 6.07) is 16.3. The third-order valence-electron chi connectivity index (χ3n) is 6.11. The zero-order chi connectivity index (χ0) is 23.4. The summed E-state index contributed by atoms with van der Waals surface area (Å²) in [5, 5.41) is 11.7. The maximum absolute atomic E-state index is 12.5. The van der Waals surface area contributed by atoms with E-state index in [2.05, 4.69) is 29.6 Å². The molecule has 7 nitrogen and oxygen atoms in total. The van der Waals surface area contributed by atoms with E-state index in [1.165, 1.54) is 11.1 Å². The second kappa shape index (κ2) is 9.73. The van der Waals surface area contributed by atoms with Crippen molar-refractivity contribution in [1.29, 1.82) is 0 Å². The van der Waals surface area contributed by atoms with Crippen molar-refractivity contribution < 1.29 is 24.2 Å². The number of ether oxygens (including phenoxy) is 1. The number of hydrogen-bond donors (Lipinski definition) is 2. The van der Waals surface area contributed by atoms with Crippen molar-refractivity contribution in [2.45, 2.75) is 19.3 Å². The number of fused-ring (bicyclic) bond motifs is 3. The van der Waals surface area contributed by atoms with Crippen LogP contribution in [0.3, 0.4) is 0 Å². The van der Waals surface area contributed by atoms with Gasteiger partial charge in [-0.15, -0.1) is 0 Å².